The van der Waals surface area contributed by atoms with E-state index in [0.717, 1.165) is 10.9 Å². The highest BCUT2D eigenvalue weighted by Gasteiger charge is 1.94. The molecule has 0 fully saturated rings. The van der Waals surface area contributed by atoms with Gasteiger partial charge in [0.2, 0.25) is 6.19 Å². The van der Waals surface area contributed by atoms with Gasteiger partial charge >= 0.3 is 0 Å². The van der Waals surface area contributed by atoms with Crippen LogP contribution in [0.2, 0.25) is 0 Å². The Morgan fingerprint density at radius 3 is 2.93 bits per heavy atom. The molecule has 3 heteroatoms. The summed E-state index contributed by atoms with van der Waals surface area (Å²) >= 11 is 0. The number of fused-ring (bicyclic) bond motifs is 1. The fraction of sp³-hybridized carbons (Fsp3) is 0. The number of nitrogens with zero attached hydrogens (tertiary/aromatic N) is 3. The average molecular weight is 181 g/mol. The van der Waals surface area contributed by atoms with Crippen molar-refractivity contribution in [1.29, 1.82) is 5.26 Å². The van der Waals surface area contributed by atoms with Gasteiger partial charge < -0.3 is 0 Å². The number of hydrogen-bond donors (Lipinski definition) is 0. The first-order chi connectivity index (χ1) is 6.90. The van der Waals surface area contributed by atoms with Gasteiger partial charge in [0.05, 0.1) is 17.4 Å². The summed E-state index contributed by atoms with van der Waals surface area (Å²) in [5, 5.41) is 9.35. The van der Waals surface area contributed by atoms with Crippen LogP contribution in [0, 0.1) is 11.5 Å². The Bertz CT molecular complexity index is 523. The summed E-state index contributed by atoms with van der Waals surface area (Å²) in [5.74, 6) is 0. The number of hydrogen-bond acceptors (Lipinski definition) is 3. The van der Waals surface area contributed by atoms with Gasteiger partial charge in [-0.2, -0.15) is 10.3 Å². The van der Waals surface area contributed by atoms with E-state index in [4.69, 9.17) is 5.26 Å². The number of pyridine rings is 1. The molecule has 0 aliphatic rings. The number of aliphatic imine (C=N–C) groups is 1. The first-order valence-electron chi connectivity index (χ1n) is 4.18. The Hall–Kier alpha value is -2.21. The maximum absolute atomic E-state index is 8.27. The van der Waals surface area contributed by atoms with E-state index in [9.17, 15) is 0 Å². The number of rotatable bonds is 1. The summed E-state index contributed by atoms with van der Waals surface area (Å²) in [6.45, 7) is 0. The Kier molecular flexibility index (Phi) is 2.20. The van der Waals surface area contributed by atoms with Crippen molar-refractivity contribution in [3.8, 4) is 6.19 Å². The average Bonchev–Trinajstić information content (AvgIpc) is 2.26. The number of para-hydroxylation sites is 1. The molecule has 1 aromatic carbocycles. The lowest BCUT2D eigenvalue weighted by Crippen LogP contribution is -1.87. The van der Waals surface area contributed by atoms with Gasteiger partial charge in [-0.15, -0.1) is 0 Å². The van der Waals surface area contributed by atoms with Gasteiger partial charge in [0.1, 0.15) is 0 Å². The van der Waals surface area contributed by atoms with Crippen molar-refractivity contribution in [3.05, 3.63) is 42.1 Å². The molecule has 1 heterocycles. The van der Waals surface area contributed by atoms with E-state index in [1.807, 2.05) is 36.4 Å². The minimum absolute atomic E-state index is 0.699. The molecule has 3 nitrogen and oxygen atoms in total. The third kappa shape index (κ3) is 1.59. The van der Waals surface area contributed by atoms with Crippen LogP contribution < -0.4 is 0 Å². The molecule has 14 heavy (non-hydrogen) atoms. The van der Waals surface area contributed by atoms with Gasteiger partial charge in [0.15, 0.2) is 0 Å². The van der Waals surface area contributed by atoms with Crippen molar-refractivity contribution < 1.29 is 0 Å². The molecule has 66 valence electrons. The zero-order chi connectivity index (χ0) is 9.80. The highest BCUT2D eigenvalue weighted by molar-refractivity contribution is 5.85. The van der Waals surface area contributed by atoms with Crippen LogP contribution in [0.1, 0.15) is 5.69 Å². The van der Waals surface area contributed by atoms with Crippen molar-refractivity contribution in [2.24, 2.45) is 4.99 Å². The molecule has 0 unspecified atom stereocenters. The minimum atomic E-state index is 0.699. The van der Waals surface area contributed by atoms with Crippen LogP contribution in [-0.2, 0) is 0 Å². The lowest BCUT2D eigenvalue weighted by atomic mass is 10.2. The van der Waals surface area contributed by atoms with Crippen LogP contribution in [0.25, 0.3) is 10.9 Å². The van der Waals surface area contributed by atoms with Gasteiger partial charge in [-0.1, -0.05) is 24.3 Å². The van der Waals surface area contributed by atoms with E-state index >= 15 is 0 Å². The van der Waals surface area contributed by atoms with Crippen LogP contribution in [0.3, 0.4) is 0 Å². The van der Waals surface area contributed by atoms with Gasteiger partial charge in [0.25, 0.3) is 0 Å². The van der Waals surface area contributed by atoms with Crippen molar-refractivity contribution in [2.45, 2.75) is 0 Å². The topological polar surface area (TPSA) is 49.0 Å². The third-order valence-corrected chi connectivity index (χ3v) is 1.87. The van der Waals surface area contributed by atoms with E-state index < -0.39 is 0 Å². The molecule has 0 aliphatic heterocycles. The normalized spacial score (nSPS) is 10.5. The summed E-state index contributed by atoms with van der Waals surface area (Å²) in [6, 6.07) is 11.6. The van der Waals surface area contributed by atoms with Gasteiger partial charge in [-0.05, 0) is 12.1 Å². The summed E-state index contributed by atoms with van der Waals surface area (Å²) in [6.07, 6.45) is 3.14. The maximum Gasteiger partial charge on any atom is 0.205 e. The van der Waals surface area contributed by atoms with E-state index in [0.29, 0.717) is 5.69 Å². The Balaban J connectivity index is 2.52. The number of aromatic nitrogens is 1. The zero-order valence-corrected chi connectivity index (χ0v) is 7.38. The number of benzene rings is 1. The van der Waals surface area contributed by atoms with Gasteiger partial charge in [-0.25, -0.2) is 4.98 Å². The molecule has 0 saturated carbocycles. The van der Waals surface area contributed by atoms with E-state index in [1.54, 1.807) is 6.19 Å². The van der Waals surface area contributed by atoms with Crippen molar-refractivity contribution >= 4 is 17.1 Å². The van der Waals surface area contributed by atoms with Crippen molar-refractivity contribution in [2.75, 3.05) is 0 Å². The molecular formula is C11H7N3. The van der Waals surface area contributed by atoms with Crippen molar-refractivity contribution in [3.63, 3.8) is 0 Å². The Morgan fingerprint density at radius 1 is 1.21 bits per heavy atom. The van der Waals surface area contributed by atoms with Crippen LogP contribution in [0.4, 0.5) is 0 Å². The lowest BCUT2D eigenvalue weighted by molar-refractivity contribution is 1.37. The maximum atomic E-state index is 8.27. The Labute approximate surface area is 81.4 Å². The number of nitriles is 1. The molecule has 0 aliphatic carbocycles. The molecule has 1 aromatic heterocycles. The standard InChI is InChI=1S/C11H7N3/c12-8-13-7-10-6-5-9-3-1-2-4-11(9)14-10/h1-7H. The second-order valence-corrected chi connectivity index (χ2v) is 2.79. The largest absolute Gasteiger partial charge is 0.247 e. The third-order valence-electron chi connectivity index (χ3n) is 1.87. The summed E-state index contributed by atoms with van der Waals surface area (Å²) in [7, 11) is 0. The molecular weight excluding hydrogens is 174 g/mol. The Morgan fingerprint density at radius 2 is 2.07 bits per heavy atom. The molecule has 0 atom stereocenters. The lowest BCUT2D eigenvalue weighted by Gasteiger charge is -1.96. The quantitative estimate of drug-likeness (QED) is 0.499. The second kappa shape index (κ2) is 3.67. The first-order valence-corrected chi connectivity index (χ1v) is 4.18. The molecule has 0 saturated heterocycles. The summed E-state index contributed by atoms with van der Waals surface area (Å²) in [5.41, 5.74) is 1.61. The molecule has 2 aromatic rings. The van der Waals surface area contributed by atoms with E-state index in [1.165, 1.54) is 6.21 Å². The predicted octanol–water partition coefficient (Wildman–Crippen LogP) is 2.13. The van der Waals surface area contributed by atoms with Crippen LogP contribution >= 0.6 is 0 Å². The SMILES string of the molecule is N#CN=Cc1ccc2ccccc2n1. The summed E-state index contributed by atoms with van der Waals surface area (Å²) in [4.78, 5) is 7.78. The van der Waals surface area contributed by atoms with Gasteiger partial charge in [-0.3, -0.25) is 0 Å². The zero-order valence-electron chi connectivity index (χ0n) is 7.38. The highest BCUT2D eigenvalue weighted by Crippen LogP contribution is 2.10. The molecule has 0 radical (unpaired) electrons. The van der Waals surface area contributed by atoms with E-state index in [-0.39, 0.29) is 0 Å². The highest BCUT2D eigenvalue weighted by atomic mass is 14.8. The smallest absolute Gasteiger partial charge is 0.205 e. The monoisotopic (exact) mass is 181 g/mol. The van der Waals surface area contributed by atoms with Crippen LogP contribution in [0.5, 0.6) is 0 Å². The predicted molar refractivity (Wildman–Crippen MR) is 55.0 cm³/mol. The molecule has 0 spiro atoms. The second-order valence-electron chi connectivity index (χ2n) is 2.79. The summed E-state index contributed by atoms with van der Waals surface area (Å²) < 4.78 is 0. The molecule has 0 amide bonds. The van der Waals surface area contributed by atoms with E-state index in [2.05, 4.69) is 9.98 Å². The molecule has 0 N–H and O–H groups in total. The van der Waals surface area contributed by atoms with Crippen LogP contribution in [-0.4, -0.2) is 11.2 Å². The van der Waals surface area contributed by atoms with Gasteiger partial charge in [0, 0.05) is 5.39 Å². The molecule has 0 bridgehead atoms. The minimum Gasteiger partial charge on any atom is -0.247 e. The fourth-order valence-corrected chi connectivity index (χ4v) is 1.25. The molecule has 2 rings (SSSR count). The fourth-order valence-electron chi connectivity index (χ4n) is 1.25. The van der Waals surface area contributed by atoms with Crippen LogP contribution in [0.15, 0.2) is 41.4 Å². The first kappa shape index (κ1) is 8.39. The van der Waals surface area contributed by atoms with Crippen molar-refractivity contribution in [1.82, 2.24) is 4.98 Å².